The average Bonchev–Trinajstić information content (AvgIpc) is 2.31. The summed E-state index contributed by atoms with van der Waals surface area (Å²) >= 11 is 0. The van der Waals surface area contributed by atoms with E-state index < -0.39 is 40.6 Å². The predicted molar refractivity (Wildman–Crippen MR) is 61.2 cm³/mol. The van der Waals surface area contributed by atoms with Gasteiger partial charge in [-0.25, -0.2) is 18.5 Å². The lowest BCUT2D eigenvalue weighted by molar-refractivity contribution is -0.140. The maximum atomic E-state index is 13.6. The Kier molecular flexibility index (Phi) is 2.84. The summed E-state index contributed by atoms with van der Waals surface area (Å²) in [5, 5.41) is 1.90. The average molecular weight is 268 g/mol. The van der Waals surface area contributed by atoms with Crippen molar-refractivity contribution in [3.63, 3.8) is 0 Å². The molecule has 1 saturated heterocycles. The fourth-order valence-corrected chi connectivity index (χ4v) is 1.68. The van der Waals surface area contributed by atoms with Gasteiger partial charge >= 0.3 is 6.03 Å². The number of carbonyl (C=O) groups excluding carboxylic acids is 3. The summed E-state index contributed by atoms with van der Waals surface area (Å²) in [6, 6.07) is 1.78. The smallest absolute Gasteiger partial charge is 0.276 e. The number of rotatable bonds is 1. The van der Waals surface area contributed by atoms with E-state index in [4.69, 9.17) is 0 Å². The number of barbiturate groups is 1. The number of nitrogens with zero attached hydrogens (tertiary/aromatic N) is 1. The third-order valence-corrected chi connectivity index (χ3v) is 2.89. The minimum absolute atomic E-state index is 0.312. The summed E-state index contributed by atoms with van der Waals surface area (Å²) in [5.74, 6) is -3.91. The van der Waals surface area contributed by atoms with E-state index in [1.54, 1.807) is 0 Å². The van der Waals surface area contributed by atoms with Crippen LogP contribution in [0.3, 0.4) is 0 Å². The Morgan fingerprint density at radius 3 is 2.16 bits per heavy atom. The number of para-hydroxylation sites is 1. The summed E-state index contributed by atoms with van der Waals surface area (Å²) in [4.78, 5) is 35.6. The van der Waals surface area contributed by atoms with Gasteiger partial charge < -0.3 is 0 Å². The third-order valence-electron chi connectivity index (χ3n) is 2.89. The molecule has 0 saturated carbocycles. The van der Waals surface area contributed by atoms with Crippen LogP contribution in [0, 0.1) is 17.0 Å². The molecule has 1 fully saturated rings. The number of hydrogen-bond acceptors (Lipinski definition) is 3. The molecule has 7 heteroatoms. The van der Waals surface area contributed by atoms with Crippen molar-refractivity contribution in [2.45, 2.75) is 13.8 Å². The Morgan fingerprint density at radius 1 is 1.11 bits per heavy atom. The number of imide groups is 2. The lowest BCUT2D eigenvalue weighted by Crippen LogP contribution is -2.62. The molecule has 0 aliphatic carbocycles. The highest BCUT2D eigenvalue weighted by Gasteiger charge is 2.48. The second-order valence-corrected chi connectivity index (χ2v) is 4.60. The van der Waals surface area contributed by atoms with Gasteiger partial charge in [-0.15, -0.1) is 0 Å². The molecule has 100 valence electrons. The fourth-order valence-electron chi connectivity index (χ4n) is 1.68. The van der Waals surface area contributed by atoms with Crippen molar-refractivity contribution < 1.29 is 23.2 Å². The van der Waals surface area contributed by atoms with E-state index in [9.17, 15) is 23.2 Å². The molecule has 0 unspecified atom stereocenters. The second-order valence-electron chi connectivity index (χ2n) is 4.60. The van der Waals surface area contributed by atoms with Gasteiger partial charge in [-0.2, -0.15) is 0 Å². The first kappa shape index (κ1) is 13.1. The first-order valence-electron chi connectivity index (χ1n) is 5.41. The van der Waals surface area contributed by atoms with E-state index in [1.165, 1.54) is 13.8 Å². The van der Waals surface area contributed by atoms with Crippen molar-refractivity contribution in [1.82, 2.24) is 5.32 Å². The molecule has 1 N–H and O–H groups in total. The van der Waals surface area contributed by atoms with Crippen LogP contribution >= 0.6 is 0 Å². The Hall–Kier alpha value is -2.31. The van der Waals surface area contributed by atoms with Gasteiger partial charge in [0.2, 0.25) is 5.91 Å². The highest BCUT2D eigenvalue weighted by Crippen LogP contribution is 2.31. The quantitative estimate of drug-likeness (QED) is 0.786. The van der Waals surface area contributed by atoms with Gasteiger partial charge in [0, 0.05) is 0 Å². The molecule has 19 heavy (non-hydrogen) atoms. The summed E-state index contributed by atoms with van der Waals surface area (Å²) < 4.78 is 27.3. The molecule has 2 rings (SSSR count). The van der Waals surface area contributed by atoms with Gasteiger partial charge in [0.1, 0.15) is 22.7 Å². The standard InChI is InChI=1S/C12H10F2N2O3/c1-12(2)9(17)15-11(19)16(10(12)18)8-6(13)4-3-5-7(8)14/h3-5H,1-2H3,(H,15,17,19). The molecule has 0 atom stereocenters. The molecule has 1 heterocycles. The van der Waals surface area contributed by atoms with Crippen molar-refractivity contribution in [2.24, 2.45) is 5.41 Å². The molecule has 1 aromatic rings. The maximum absolute atomic E-state index is 13.6. The zero-order valence-electron chi connectivity index (χ0n) is 10.2. The number of urea groups is 1. The van der Waals surface area contributed by atoms with Crippen molar-refractivity contribution >= 4 is 23.5 Å². The Bertz CT molecular complexity index is 578. The van der Waals surface area contributed by atoms with E-state index in [-0.39, 0.29) is 0 Å². The molecule has 0 bridgehead atoms. The number of hydrogen-bond donors (Lipinski definition) is 1. The van der Waals surface area contributed by atoms with Crippen LogP contribution in [0.4, 0.5) is 19.3 Å². The van der Waals surface area contributed by atoms with Crippen LogP contribution in [0.25, 0.3) is 0 Å². The summed E-state index contributed by atoms with van der Waals surface area (Å²) in [6.45, 7) is 2.53. The van der Waals surface area contributed by atoms with E-state index in [2.05, 4.69) is 0 Å². The first-order chi connectivity index (χ1) is 8.76. The number of benzene rings is 1. The molecule has 4 amide bonds. The molecule has 5 nitrogen and oxygen atoms in total. The predicted octanol–water partition coefficient (Wildman–Crippen LogP) is 1.57. The number of nitrogens with one attached hydrogen (secondary N) is 1. The third kappa shape index (κ3) is 1.87. The van der Waals surface area contributed by atoms with E-state index in [1.807, 2.05) is 5.32 Å². The molecule has 1 aliphatic heterocycles. The summed E-state index contributed by atoms with van der Waals surface area (Å²) in [7, 11) is 0. The Morgan fingerprint density at radius 2 is 1.63 bits per heavy atom. The highest BCUT2D eigenvalue weighted by molar-refractivity contribution is 6.29. The number of halogens is 2. The molecular formula is C12H10F2N2O3. The van der Waals surface area contributed by atoms with E-state index >= 15 is 0 Å². The van der Waals surface area contributed by atoms with Gasteiger partial charge in [-0.05, 0) is 26.0 Å². The topological polar surface area (TPSA) is 66.5 Å². The van der Waals surface area contributed by atoms with Crippen LogP contribution in [0.2, 0.25) is 0 Å². The maximum Gasteiger partial charge on any atom is 0.335 e. The minimum atomic E-state index is -1.58. The number of carbonyl (C=O) groups is 3. The van der Waals surface area contributed by atoms with Crippen molar-refractivity contribution in [2.75, 3.05) is 4.90 Å². The van der Waals surface area contributed by atoms with Gasteiger partial charge in [-0.3, -0.25) is 14.9 Å². The van der Waals surface area contributed by atoms with Crippen LogP contribution < -0.4 is 10.2 Å². The Balaban J connectivity index is 2.58. The van der Waals surface area contributed by atoms with Crippen molar-refractivity contribution in [3.8, 4) is 0 Å². The van der Waals surface area contributed by atoms with Crippen LogP contribution in [-0.4, -0.2) is 17.8 Å². The number of anilines is 1. The molecular weight excluding hydrogens is 258 g/mol. The van der Waals surface area contributed by atoms with E-state index in [0.29, 0.717) is 4.90 Å². The lowest BCUT2D eigenvalue weighted by Gasteiger charge is -2.34. The van der Waals surface area contributed by atoms with Gasteiger partial charge in [-0.1, -0.05) is 6.07 Å². The highest BCUT2D eigenvalue weighted by atomic mass is 19.1. The van der Waals surface area contributed by atoms with Crippen LogP contribution in [-0.2, 0) is 9.59 Å². The lowest BCUT2D eigenvalue weighted by atomic mass is 9.88. The SMILES string of the molecule is CC1(C)C(=O)NC(=O)N(c2c(F)cccc2F)C1=O. The number of amides is 4. The summed E-state index contributed by atoms with van der Waals surface area (Å²) in [5.41, 5.74) is -2.37. The zero-order chi connectivity index (χ0) is 14.4. The van der Waals surface area contributed by atoms with Crippen LogP contribution in [0.1, 0.15) is 13.8 Å². The normalized spacial score (nSPS) is 18.5. The zero-order valence-corrected chi connectivity index (χ0v) is 10.2. The van der Waals surface area contributed by atoms with Gasteiger partial charge in [0.05, 0.1) is 0 Å². The molecule has 0 spiro atoms. The summed E-state index contributed by atoms with van der Waals surface area (Å²) in [6.07, 6.45) is 0. The van der Waals surface area contributed by atoms with Gasteiger partial charge in [0.25, 0.3) is 5.91 Å². The minimum Gasteiger partial charge on any atom is -0.276 e. The van der Waals surface area contributed by atoms with Crippen LogP contribution in [0.5, 0.6) is 0 Å². The van der Waals surface area contributed by atoms with E-state index in [0.717, 1.165) is 18.2 Å². The van der Waals surface area contributed by atoms with Gasteiger partial charge in [0.15, 0.2) is 0 Å². The monoisotopic (exact) mass is 268 g/mol. The molecule has 1 aromatic carbocycles. The molecule has 0 aromatic heterocycles. The first-order valence-corrected chi connectivity index (χ1v) is 5.41. The fraction of sp³-hybridized carbons (Fsp3) is 0.250. The van der Waals surface area contributed by atoms with Crippen LogP contribution in [0.15, 0.2) is 18.2 Å². The molecule has 1 aliphatic rings. The second kappa shape index (κ2) is 4.11. The largest absolute Gasteiger partial charge is 0.335 e. The Labute approximate surface area is 107 Å². The van der Waals surface area contributed by atoms with Crippen molar-refractivity contribution in [1.29, 1.82) is 0 Å². The molecule has 0 radical (unpaired) electrons. The van der Waals surface area contributed by atoms with Crippen molar-refractivity contribution in [3.05, 3.63) is 29.8 Å².